The van der Waals surface area contributed by atoms with Crippen molar-refractivity contribution in [3.05, 3.63) is 50.6 Å². The molecule has 0 atom stereocenters. The van der Waals surface area contributed by atoms with Crippen molar-refractivity contribution in [2.75, 3.05) is 5.32 Å². The fraction of sp³-hybridized carbons (Fsp3) is 0.182. The Kier molecular flexibility index (Phi) is 3.66. The van der Waals surface area contributed by atoms with Gasteiger partial charge in [-0.1, -0.05) is 16.8 Å². The number of hydrogen-bond donors (Lipinski definition) is 1. The highest BCUT2D eigenvalue weighted by atomic mass is 35.5. The van der Waals surface area contributed by atoms with Crippen LogP contribution >= 0.6 is 11.6 Å². The van der Waals surface area contributed by atoms with E-state index in [0.29, 0.717) is 11.5 Å². The van der Waals surface area contributed by atoms with E-state index in [4.69, 9.17) is 16.1 Å². The number of anilines is 1. The molecule has 100 valence electrons. The molecule has 0 bridgehead atoms. The minimum Gasteiger partial charge on any atom is -0.372 e. The molecule has 0 saturated heterocycles. The van der Waals surface area contributed by atoms with Crippen LogP contribution in [0.2, 0.25) is 5.02 Å². The number of aryl methyl sites for hydroxylation is 1. The molecule has 19 heavy (non-hydrogen) atoms. The maximum absolute atomic E-state index is 13.2. The lowest BCUT2D eigenvalue weighted by Crippen LogP contribution is -2.02. The zero-order valence-corrected chi connectivity index (χ0v) is 10.6. The minimum atomic E-state index is -0.838. The van der Waals surface area contributed by atoms with Crippen molar-refractivity contribution in [3.63, 3.8) is 0 Å². The number of halogens is 2. The largest absolute Gasteiger partial charge is 0.372 e. The molecule has 0 aliphatic heterocycles. The Morgan fingerprint density at radius 1 is 1.53 bits per heavy atom. The van der Waals surface area contributed by atoms with Crippen LogP contribution in [0.1, 0.15) is 11.5 Å². The van der Waals surface area contributed by atoms with E-state index < -0.39 is 16.4 Å². The SMILES string of the molecule is Cc1cc(CNc2cc(Cl)c(F)cc2[N+](=O)[O-])on1. The van der Waals surface area contributed by atoms with Crippen molar-refractivity contribution in [1.82, 2.24) is 5.16 Å². The summed E-state index contributed by atoms with van der Waals surface area (Å²) in [5.41, 5.74) is 0.423. The molecular formula is C11H9ClFN3O3. The van der Waals surface area contributed by atoms with Gasteiger partial charge < -0.3 is 9.84 Å². The van der Waals surface area contributed by atoms with Gasteiger partial charge in [-0.05, 0) is 13.0 Å². The third-order valence-corrected chi connectivity index (χ3v) is 2.65. The number of nitrogens with zero attached hydrogens (tertiary/aromatic N) is 2. The molecule has 2 rings (SSSR count). The Hall–Kier alpha value is -2.15. The van der Waals surface area contributed by atoms with E-state index in [1.807, 2.05) is 0 Å². The number of nitro benzene ring substituents is 1. The average molecular weight is 286 g/mol. The molecule has 8 heteroatoms. The van der Waals surface area contributed by atoms with E-state index in [0.717, 1.165) is 12.1 Å². The second kappa shape index (κ2) is 5.23. The highest BCUT2D eigenvalue weighted by Crippen LogP contribution is 2.30. The van der Waals surface area contributed by atoms with Gasteiger partial charge in [-0.2, -0.15) is 0 Å². The van der Waals surface area contributed by atoms with E-state index in [9.17, 15) is 14.5 Å². The first-order chi connectivity index (χ1) is 8.97. The Balaban J connectivity index is 2.23. The molecule has 1 N–H and O–H groups in total. The Morgan fingerprint density at radius 3 is 2.84 bits per heavy atom. The first-order valence-electron chi connectivity index (χ1n) is 5.27. The Morgan fingerprint density at radius 2 is 2.26 bits per heavy atom. The van der Waals surface area contributed by atoms with Gasteiger partial charge in [0, 0.05) is 6.07 Å². The number of aromatic nitrogens is 1. The molecule has 0 spiro atoms. The zero-order valence-electron chi connectivity index (χ0n) is 9.81. The summed E-state index contributed by atoms with van der Waals surface area (Å²) in [5.74, 6) is -0.332. The van der Waals surface area contributed by atoms with E-state index in [1.54, 1.807) is 13.0 Å². The molecular weight excluding hydrogens is 277 g/mol. The number of hydrogen-bond acceptors (Lipinski definition) is 5. The van der Waals surface area contributed by atoms with Crippen LogP contribution in [0.3, 0.4) is 0 Å². The van der Waals surface area contributed by atoms with E-state index in [2.05, 4.69) is 10.5 Å². The van der Waals surface area contributed by atoms with Gasteiger partial charge in [0.2, 0.25) is 0 Å². The molecule has 6 nitrogen and oxygen atoms in total. The molecule has 0 aliphatic rings. The summed E-state index contributed by atoms with van der Waals surface area (Å²) in [6, 6.07) is 3.62. The molecule has 1 aromatic heterocycles. The van der Waals surface area contributed by atoms with Crippen LogP contribution in [0.25, 0.3) is 0 Å². The molecule has 1 aromatic carbocycles. The van der Waals surface area contributed by atoms with Crippen molar-refractivity contribution >= 4 is 23.0 Å². The van der Waals surface area contributed by atoms with Crippen LogP contribution in [0.4, 0.5) is 15.8 Å². The Labute approximate surface area is 112 Å². The van der Waals surface area contributed by atoms with Gasteiger partial charge >= 0.3 is 0 Å². The summed E-state index contributed by atoms with van der Waals surface area (Å²) < 4.78 is 18.1. The van der Waals surface area contributed by atoms with Gasteiger partial charge in [0.05, 0.1) is 28.3 Å². The van der Waals surface area contributed by atoms with E-state index >= 15 is 0 Å². The summed E-state index contributed by atoms with van der Waals surface area (Å²) in [7, 11) is 0. The van der Waals surface area contributed by atoms with Crippen molar-refractivity contribution < 1.29 is 13.8 Å². The van der Waals surface area contributed by atoms with Gasteiger partial charge in [0.15, 0.2) is 5.76 Å². The zero-order chi connectivity index (χ0) is 14.0. The quantitative estimate of drug-likeness (QED) is 0.688. The Bertz CT molecular complexity index is 630. The molecule has 1 heterocycles. The summed E-state index contributed by atoms with van der Waals surface area (Å²) in [6.07, 6.45) is 0. The topological polar surface area (TPSA) is 81.2 Å². The smallest absolute Gasteiger partial charge is 0.295 e. The first-order valence-corrected chi connectivity index (χ1v) is 5.64. The van der Waals surface area contributed by atoms with Crippen LogP contribution < -0.4 is 5.32 Å². The number of benzene rings is 1. The van der Waals surface area contributed by atoms with Crippen LogP contribution in [-0.2, 0) is 6.54 Å². The lowest BCUT2D eigenvalue weighted by molar-refractivity contribution is -0.384. The monoisotopic (exact) mass is 285 g/mol. The molecule has 0 radical (unpaired) electrons. The highest BCUT2D eigenvalue weighted by Gasteiger charge is 2.18. The molecule has 2 aromatic rings. The van der Waals surface area contributed by atoms with Crippen molar-refractivity contribution in [2.24, 2.45) is 0 Å². The lowest BCUT2D eigenvalue weighted by Gasteiger charge is -2.06. The molecule has 0 saturated carbocycles. The van der Waals surface area contributed by atoms with Gasteiger partial charge in [-0.3, -0.25) is 10.1 Å². The molecule has 0 unspecified atom stereocenters. The maximum atomic E-state index is 13.2. The van der Waals surface area contributed by atoms with Crippen molar-refractivity contribution in [3.8, 4) is 0 Å². The summed E-state index contributed by atoms with van der Waals surface area (Å²) >= 11 is 5.60. The van der Waals surface area contributed by atoms with Gasteiger partial charge in [-0.15, -0.1) is 0 Å². The second-order valence-electron chi connectivity index (χ2n) is 3.83. The van der Waals surface area contributed by atoms with Crippen molar-refractivity contribution in [1.29, 1.82) is 0 Å². The lowest BCUT2D eigenvalue weighted by atomic mass is 10.2. The van der Waals surface area contributed by atoms with Gasteiger partial charge in [0.25, 0.3) is 5.69 Å². The standard InChI is InChI=1S/C11H9ClFN3O3/c1-6-2-7(19-15-6)5-14-10-3-8(12)9(13)4-11(10)16(17)18/h2-4,14H,5H2,1H3. The second-order valence-corrected chi connectivity index (χ2v) is 4.24. The number of nitrogens with one attached hydrogen (secondary N) is 1. The summed E-state index contributed by atoms with van der Waals surface area (Å²) in [5, 5.41) is 17.1. The predicted molar refractivity (Wildman–Crippen MR) is 66.6 cm³/mol. The minimum absolute atomic E-state index is 0.116. The van der Waals surface area contributed by atoms with Crippen molar-refractivity contribution in [2.45, 2.75) is 13.5 Å². The predicted octanol–water partition coefficient (Wildman–Crippen LogP) is 3.30. The molecule has 0 aliphatic carbocycles. The fourth-order valence-corrected chi connectivity index (χ4v) is 1.67. The third kappa shape index (κ3) is 3.00. The highest BCUT2D eigenvalue weighted by molar-refractivity contribution is 6.31. The van der Waals surface area contributed by atoms with Gasteiger partial charge in [0.1, 0.15) is 11.5 Å². The summed E-state index contributed by atoms with van der Waals surface area (Å²) in [4.78, 5) is 10.1. The average Bonchev–Trinajstić information content (AvgIpc) is 2.76. The maximum Gasteiger partial charge on any atom is 0.295 e. The van der Waals surface area contributed by atoms with Crippen LogP contribution in [0, 0.1) is 22.9 Å². The van der Waals surface area contributed by atoms with Crippen LogP contribution in [0.15, 0.2) is 22.7 Å². The van der Waals surface area contributed by atoms with Crippen LogP contribution in [0.5, 0.6) is 0 Å². The number of rotatable bonds is 4. The van der Waals surface area contributed by atoms with Gasteiger partial charge in [-0.25, -0.2) is 4.39 Å². The first kappa shape index (κ1) is 13.3. The van der Waals surface area contributed by atoms with E-state index in [-0.39, 0.29) is 17.3 Å². The summed E-state index contributed by atoms with van der Waals surface area (Å²) in [6.45, 7) is 1.94. The molecule has 0 fully saturated rings. The van der Waals surface area contributed by atoms with E-state index in [1.165, 1.54) is 0 Å². The fourth-order valence-electron chi connectivity index (χ4n) is 1.51. The van der Waals surface area contributed by atoms with Crippen LogP contribution in [-0.4, -0.2) is 10.1 Å². The normalized spacial score (nSPS) is 10.5. The molecule has 0 amide bonds. The number of nitro groups is 1. The third-order valence-electron chi connectivity index (χ3n) is 2.37.